The van der Waals surface area contributed by atoms with Crippen molar-refractivity contribution in [1.82, 2.24) is 4.90 Å². The molecule has 2 fully saturated rings. The first kappa shape index (κ1) is 18.8. The van der Waals surface area contributed by atoms with Crippen molar-refractivity contribution in [1.29, 1.82) is 0 Å². The van der Waals surface area contributed by atoms with Gasteiger partial charge < -0.3 is 23.8 Å². The summed E-state index contributed by atoms with van der Waals surface area (Å²) in [5.41, 5.74) is 0.575. The van der Waals surface area contributed by atoms with Gasteiger partial charge in [-0.25, -0.2) is 0 Å². The number of benzene rings is 2. The number of nitrogens with zero attached hydrogens (tertiary/aromatic N) is 1. The van der Waals surface area contributed by atoms with E-state index in [1.54, 1.807) is 0 Å². The Morgan fingerprint density at radius 3 is 2.29 bits per heavy atom. The van der Waals surface area contributed by atoms with E-state index in [2.05, 4.69) is 0 Å². The molecule has 2 aliphatic heterocycles. The molecule has 148 valence electrons. The Balaban J connectivity index is 1.32. The van der Waals surface area contributed by atoms with Gasteiger partial charge in [-0.1, -0.05) is 30.3 Å². The van der Waals surface area contributed by atoms with Crippen molar-refractivity contribution in [2.24, 2.45) is 0 Å². The van der Waals surface area contributed by atoms with Crippen LogP contribution in [0, 0.1) is 0 Å². The first-order valence-corrected chi connectivity index (χ1v) is 9.73. The second-order valence-corrected chi connectivity index (χ2v) is 6.91. The number of piperidine rings is 1. The standard InChI is InChI=1S/C22H25NO5/c24-21(23-12-10-22(11-13-23)27-16-17-28-22)19-8-4-5-9-20(19)26-15-14-25-18-6-2-1-3-7-18/h1-9H,10-17H2. The third-order valence-electron chi connectivity index (χ3n) is 5.10. The number of carbonyl (C=O) groups excluding carboxylic acids is 1. The smallest absolute Gasteiger partial charge is 0.257 e. The molecule has 1 spiro atoms. The fourth-order valence-electron chi connectivity index (χ4n) is 3.60. The third-order valence-corrected chi connectivity index (χ3v) is 5.10. The van der Waals surface area contributed by atoms with Gasteiger partial charge in [-0.05, 0) is 24.3 Å². The highest BCUT2D eigenvalue weighted by Gasteiger charge is 2.41. The second-order valence-electron chi connectivity index (χ2n) is 6.91. The quantitative estimate of drug-likeness (QED) is 0.718. The van der Waals surface area contributed by atoms with Gasteiger partial charge in [0, 0.05) is 25.9 Å². The largest absolute Gasteiger partial charge is 0.490 e. The van der Waals surface area contributed by atoms with Crippen LogP contribution < -0.4 is 9.47 Å². The molecule has 0 radical (unpaired) electrons. The van der Waals surface area contributed by atoms with E-state index in [1.807, 2.05) is 59.5 Å². The number of rotatable bonds is 6. The highest BCUT2D eigenvalue weighted by Crippen LogP contribution is 2.32. The third kappa shape index (κ3) is 4.29. The molecule has 0 N–H and O–H groups in total. The maximum atomic E-state index is 13.0. The van der Waals surface area contributed by atoms with Crippen LogP contribution in [0.2, 0.25) is 0 Å². The molecule has 2 aromatic rings. The van der Waals surface area contributed by atoms with Crippen LogP contribution >= 0.6 is 0 Å². The fourth-order valence-corrected chi connectivity index (χ4v) is 3.60. The number of carbonyl (C=O) groups is 1. The summed E-state index contributed by atoms with van der Waals surface area (Å²) in [6, 6.07) is 17.0. The van der Waals surface area contributed by atoms with Crippen molar-refractivity contribution in [3.63, 3.8) is 0 Å². The molecule has 0 aromatic heterocycles. The summed E-state index contributed by atoms with van der Waals surface area (Å²) < 4.78 is 23.0. The van der Waals surface area contributed by atoms with Gasteiger partial charge in [0.05, 0.1) is 18.8 Å². The fraction of sp³-hybridized carbons (Fsp3) is 0.409. The van der Waals surface area contributed by atoms with Gasteiger partial charge in [0.1, 0.15) is 24.7 Å². The number of para-hydroxylation sites is 2. The first-order chi connectivity index (χ1) is 13.8. The Labute approximate surface area is 165 Å². The normalized spacial score (nSPS) is 18.2. The van der Waals surface area contributed by atoms with Crippen molar-refractivity contribution in [2.45, 2.75) is 18.6 Å². The van der Waals surface area contributed by atoms with Crippen molar-refractivity contribution in [3.05, 3.63) is 60.2 Å². The molecule has 4 rings (SSSR count). The van der Waals surface area contributed by atoms with E-state index in [0.29, 0.717) is 63.7 Å². The van der Waals surface area contributed by atoms with E-state index in [1.165, 1.54) is 0 Å². The highest BCUT2D eigenvalue weighted by molar-refractivity contribution is 5.97. The van der Waals surface area contributed by atoms with E-state index in [4.69, 9.17) is 18.9 Å². The summed E-state index contributed by atoms with van der Waals surface area (Å²) in [5, 5.41) is 0. The maximum absolute atomic E-state index is 13.0. The topological polar surface area (TPSA) is 57.2 Å². The summed E-state index contributed by atoms with van der Waals surface area (Å²) in [6.07, 6.45) is 1.40. The zero-order valence-corrected chi connectivity index (χ0v) is 15.8. The lowest BCUT2D eigenvalue weighted by Crippen LogP contribution is -2.47. The lowest BCUT2D eigenvalue weighted by atomic mass is 10.0. The van der Waals surface area contributed by atoms with Gasteiger partial charge in [0.15, 0.2) is 5.79 Å². The number of hydrogen-bond acceptors (Lipinski definition) is 5. The minimum absolute atomic E-state index is 0.0209. The Morgan fingerprint density at radius 1 is 0.893 bits per heavy atom. The molecule has 1 amide bonds. The van der Waals surface area contributed by atoms with Crippen LogP contribution in [-0.4, -0.2) is 56.1 Å². The maximum Gasteiger partial charge on any atom is 0.257 e. The molecule has 6 nitrogen and oxygen atoms in total. The summed E-state index contributed by atoms with van der Waals surface area (Å²) in [4.78, 5) is 14.9. The molecule has 2 aliphatic rings. The lowest BCUT2D eigenvalue weighted by molar-refractivity contribution is -0.181. The number of hydrogen-bond donors (Lipinski definition) is 0. The summed E-state index contributed by atoms with van der Waals surface area (Å²) in [6.45, 7) is 3.28. The Kier molecular flexibility index (Phi) is 5.78. The van der Waals surface area contributed by atoms with Crippen LogP contribution in [0.1, 0.15) is 23.2 Å². The number of ether oxygens (including phenoxy) is 4. The minimum atomic E-state index is -0.485. The van der Waals surface area contributed by atoms with Gasteiger partial charge in [-0.15, -0.1) is 0 Å². The Hall–Kier alpha value is -2.57. The average molecular weight is 383 g/mol. The summed E-state index contributed by atoms with van der Waals surface area (Å²) >= 11 is 0. The van der Waals surface area contributed by atoms with E-state index < -0.39 is 5.79 Å². The Morgan fingerprint density at radius 2 is 1.54 bits per heavy atom. The molecule has 28 heavy (non-hydrogen) atoms. The van der Waals surface area contributed by atoms with Crippen LogP contribution in [0.3, 0.4) is 0 Å². The number of amides is 1. The second kappa shape index (κ2) is 8.63. The monoisotopic (exact) mass is 383 g/mol. The molecule has 2 aromatic carbocycles. The van der Waals surface area contributed by atoms with Crippen molar-refractivity contribution < 1.29 is 23.7 Å². The van der Waals surface area contributed by atoms with Gasteiger partial charge in [0.2, 0.25) is 0 Å². The van der Waals surface area contributed by atoms with Crippen LogP contribution in [0.5, 0.6) is 11.5 Å². The Bertz CT molecular complexity index is 779. The molecule has 0 saturated carbocycles. The average Bonchev–Trinajstić information content (AvgIpc) is 3.20. The van der Waals surface area contributed by atoms with E-state index in [-0.39, 0.29) is 5.91 Å². The summed E-state index contributed by atoms with van der Waals surface area (Å²) in [7, 11) is 0. The van der Waals surface area contributed by atoms with Crippen LogP contribution in [0.4, 0.5) is 0 Å². The SMILES string of the molecule is O=C(c1ccccc1OCCOc1ccccc1)N1CCC2(CC1)OCCO2. The first-order valence-electron chi connectivity index (χ1n) is 9.73. The molecular formula is C22H25NO5. The molecule has 0 aliphatic carbocycles. The van der Waals surface area contributed by atoms with E-state index in [9.17, 15) is 4.79 Å². The zero-order chi connectivity index (χ0) is 19.2. The highest BCUT2D eigenvalue weighted by atomic mass is 16.7. The minimum Gasteiger partial charge on any atom is -0.490 e. The van der Waals surface area contributed by atoms with Gasteiger partial charge in [-0.2, -0.15) is 0 Å². The molecule has 6 heteroatoms. The molecule has 2 saturated heterocycles. The molecule has 0 unspecified atom stereocenters. The predicted octanol–water partition coefficient (Wildman–Crippen LogP) is 3.12. The van der Waals surface area contributed by atoms with E-state index in [0.717, 1.165) is 5.75 Å². The number of likely N-dealkylation sites (tertiary alicyclic amines) is 1. The van der Waals surface area contributed by atoms with Gasteiger partial charge in [-0.3, -0.25) is 4.79 Å². The van der Waals surface area contributed by atoms with Crippen molar-refractivity contribution in [3.8, 4) is 11.5 Å². The van der Waals surface area contributed by atoms with Gasteiger partial charge in [0.25, 0.3) is 5.91 Å². The molecule has 0 atom stereocenters. The molecule has 2 heterocycles. The van der Waals surface area contributed by atoms with Crippen molar-refractivity contribution in [2.75, 3.05) is 39.5 Å². The van der Waals surface area contributed by atoms with Gasteiger partial charge >= 0.3 is 0 Å². The lowest BCUT2D eigenvalue weighted by Gasteiger charge is -2.37. The molecule has 0 bridgehead atoms. The van der Waals surface area contributed by atoms with Crippen molar-refractivity contribution >= 4 is 5.91 Å². The van der Waals surface area contributed by atoms with E-state index >= 15 is 0 Å². The van der Waals surface area contributed by atoms with Crippen LogP contribution in [0.15, 0.2) is 54.6 Å². The predicted molar refractivity (Wildman–Crippen MR) is 104 cm³/mol. The van der Waals surface area contributed by atoms with Crippen LogP contribution in [-0.2, 0) is 9.47 Å². The van der Waals surface area contributed by atoms with Crippen LogP contribution in [0.25, 0.3) is 0 Å². The molecular weight excluding hydrogens is 358 g/mol. The zero-order valence-electron chi connectivity index (χ0n) is 15.8. The summed E-state index contributed by atoms with van der Waals surface area (Å²) in [5.74, 6) is 0.876.